The van der Waals surface area contributed by atoms with E-state index in [1.165, 1.54) is 0 Å². The van der Waals surface area contributed by atoms with E-state index in [1.54, 1.807) is 6.07 Å². The summed E-state index contributed by atoms with van der Waals surface area (Å²) in [6.45, 7) is 1.96. The molecule has 1 aromatic carbocycles. The number of rotatable bonds is 0. The van der Waals surface area contributed by atoms with Crippen molar-refractivity contribution >= 4 is 5.97 Å². The van der Waals surface area contributed by atoms with Gasteiger partial charge in [0.15, 0.2) is 0 Å². The summed E-state index contributed by atoms with van der Waals surface area (Å²) in [6.07, 6.45) is 0. The molecule has 0 amide bonds. The van der Waals surface area contributed by atoms with Gasteiger partial charge >= 0.3 is 5.97 Å². The maximum atomic E-state index is 10.6. The molecule has 0 saturated heterocycles. The molecule has 0 fully saturated rings. The molecule has 0 spiro atoms. The molecule has 0 radical (unpaired) electrons. The van der Waals surface area contributed by atoms with E-state index in [9.17, 15) is 4.79 Å². The van der Waals surface area contributed by atoms with Crippen LogP contribution in [0.5, 0.6) is 5.75 Å². The van der Waals surface area contributed by atoms with E-state index in [4.69, 9.17) is 4.74 Å². The Balaban J connectivity index is 2.59. The van der Waals surface area contributed by atoms with Crippen molar-refractivity contribution in [1.29, 1.82) is 0 Å². The Bertz CT molecular complexity index is 302. The third kappa shape index (κ3) is 0.559. The van der Waals surface area contributed by atoms with Gasteiger partial charge in [-0.05, 0) is 24.6 Å². The Morgan fingerprint density at radius 2 is 2.20 bits per heavy atom. The molecular weight excluding hydrogens is 128 g/mol. The molecule has 0 N–H and O–H groups in total. The highest BCUT2D eigenvalue weighted by Crippen LogP contribution is 2.29. The molecule has 0 atom stereocenters. The lowest BCUT2D eigenvalue weighted by Crippen LogP contribution is -2.20. The highest BCUT2D eigenvalue weighted by molar-refractivity contribution is 6.01. The number of carbonyl (C=O) groups excluding carboxylic acids is 1. The summed E-state index contributed by atoms with van der Waals surface area (Å²) in [5.74, 6) is 0.500. The second-order valence-electron chi connectivity index (χ2n) is 2.39. The normalized spacial score (nSPS) is 13.5. The molecule has 10 heavy (non-hydrogen) atoms. The Morgan fingerprint density at radius 1 is 1.40 bits per heavy atom. The van der Waals surface area contributed by atoms with Crippen LogP contribution in [0.1, 0.15) is 15.9 Å². The van der Waals surface area contributed by atoms with Gasteiger partial charge in [-0.3, -0.25) is 0 Å². The van der Waals surface area contributed by atoms with E-state index in [1.807, 2.05) is 19.1 Å². The Hall–Kier alpha value is -1.31. The third-order valence-electron chi connectivity index (χ3n) is 1.56. The molecule has 1 aliphatic rings. The predicted molar refractivity (Wildman–Crippen MR) is 36.1 cm³/mol. The topological polar surface area (TPSA) is 26.3 Å². The molecule has 0 unspecified atom stereocenters. The van der Waals surface area contributed by atoms with Gasteiger partial charge in [0, 0.05) is 0 Å². The summed E-state index contributed by atoms with van der Waals surface area (Å²) in [5, 5.41) is 0. The van der Waals surface area contributed by atoms with Crippen molar-refractivity contribution in [3.63, 3.8) is 0 Å². The Morgan fingerprint density at radius 3 is 2.80 bits per heavy atom. The van der Waals surface area contributed by atoms with Crippen molar-refractivity contribution < 1.29 is 9.53 Å². The van der Waals surface area contributed by atoms with E-state index in [0.29, 0.717) is 11.3 Å². The van der Waals surface area contributed by atoms with Crippen LogP contribution in [-0.4, -0.2) is 5.97 Å². The van der Waals surface area contributed by atoms with E-state index in [2.05, 4.69) is 0 Å². The van der Waals surface area contributed by atoms with Gasteiger partial charge in [-0.1, -0.05) is 6.07 Å². The first-order valence-electron chi connectivity index (χ1n) is 3.10. The minimum Gasteiger partial charge on any atom is -0.422 e. The van der Waals surface area contributed by atoms with E-state index in [0.717, 1.165) is 5.56 Å². The molecule has 1 heterocycles. The van der Waals surface area contributed by atoms with Crippen molar-refractivity contribution in [3.8, 4) is 5.75 Å². The molecule has 0 aromatic heterocycles. The number of ether oxygens (including phenoxy) is 1. The van der Waals surface area contributed by atoms with Crippen molar-refractivity contribution in [2.75, 3.05) is 0 Å². The quantitative estimate of drug-likeness (QED) is 0.503. The highest BCUT2D eigenvalue weighted by Gasteiger charge is 2.24. The fraction of sp³-hybridized carbons (Fsp3) is 0.125. The molecule has 1 aromatic rings. The predicted octanol–water partition coefficient (Wildman–Crippen LogP) is 1.53. The van der Waals surface area contributed by atoms with E-state index in [-0.39, 0.29) is 5.97 Å². The molecule has 2 heteroatoms. The van der Waals surface area contributed by atoms with Crippen molar-refractivity contribution in [2.45, 2.75) is 6.92 Å². The second-order valence-corrected chi connectivity index (χ2v) is 2.39. The van der Waals surface area contributed by atoms with Gasteiger partial charge in [-0.15, -0.1) is 0 Å². The molecule has 2 nitrogen and oxygen atoms in total. The number of esters is 1. The maximum absolute atomic E-state index is 10.6. The van der Waals surface area contributed by atoms with Gasteiger partial charge in [-0.2, -0.15) is 0 Å². The molecule has 0 saturated carbocycles. The van der Waals surface area contributed by atoms with E-state index < -0.39 is 0 Å². The number of carbonyl (C=O) groups is 1. The van der Waals surface area contributed by atoms with Crippen molar-refractivity contribution in [1.82, 2.24) is 0 Å². The fourth-order valence-corrected chi connectivity index (χ4v) is 0.991. The minimum absolute atomic E-state index is 0.213. The van der Waals surface area contributed by atoms with Crippen LogP contribution in [-0.2, 0) is 0 Å². The Kier molecular flexibility index (Phi) is 0.873. The van der Waals surface area contributed by atoms with Crippen LogP contribution in [0.25, 0.3) is 0 Å². The summed E-state index contributed by atoms with van der Waals surface area (Å²) in [7, 11) is 0. The van der Waals surface area contributed by atoms with Gasteiger partial charge in [0.2, 0.25) is 0 Å². The largest absolute Gasteiger partial charge is 0.422 e. The molecule has 0 aliphatic carbocycles. The first kappa shape index (κ1) is 5.47. The lowest BCUT2D eigenvalue weighted by molar-refractivity contribution is 0.0658. The van der Waals surface area contributed by atoms with Gasteiger partial charge in [0.1, 0.15) is 11.3 Å². The zero-order valence-corrected chi connectivity index (χ0v) is 5.55. The minimum atomic E-state index is -0.213. The van der Waals surface area contributed by atoms with Gasteiger partial charge in [0.05, 0.1) is 0 Å². The van der Waals surface area contributed by atoms with Crippen molar-refractivity contribution in [3.05, 3.63) is 29.3 Å². The SMILES string of the molecule is Cc1ccc2c(c1)OC2=O. The van der Waals surface area contributed by atoms with Crippen molar-refractivity contribution in [2.24, 2.45) is 0 Å². The molecular formula is C8H6O2. The van der Waals surface area contributed by atoms with Gasteiger partial charge in [-0.25, -0.2) is 4.79 Å². The number of hydrogen-bond acceptors (Lipinski definition) is 2. The van der Waals surface area contributed by atoms with Crippen LogP contribution in [0.3, 0.4) is 0 Å². The number of fused-ring (bicyclic) bond motifs is 1. The summed E-state index contributed by atoms with van der Waals surface area (Å²) >= 11 is 0. The molecule has 1 aliphatic heterocycles. The van der Waals surface area contributed by atoms with Crippen LogP contribution < -0.4 is 4.74 Å². The fourth-order valence-electron chi connectivity index (χ4n) is 0.991. The Labute approximate surface area is 58.4 Å². The number of benzene rings is 1. The van der Waals surface area contributed by atoms with Gasteiger partial charge < -0.3 is 4.74 Å². The molecule has 0 bridgehead atoms. The van der Waals surface area contributed by atoms with Crippen LogP contribution in [0, 0.1) is 6.92 Å². The summed E-state index contributed by atoms with van der Waals surface area (Å²) < 4.78 is 4.73. The maximum Gasteiger partial charge on any atom is 0.347 e. The zero-order chi connectivity index (χ0) is 7.14. The number of hydrogen-bond donors (Lipinski definition) is 0. The average molecular weight is 134 g/mol. The smallest absolute Gasteiger partial charge is 0.347 e. The number of aryl methyl sites for hydroxylation is 1. The second kappa shape index (κ2) is 1.59. The lowest BCUT2D eigenvalue weighted by Gasteiger charge is -2.16. The third-order valence-corrected chi connectivity index (χ3v) is 1.56. The summed E-state index contributed by atoms with van der Waals surface area (Å²) in [5.41, 5.74) is 1.82. The van der Waals surface area contributed by atoms with Gasteiger partial charge in [0.25, 0.3) is 0 Å². The van der Waals surface area contributed by atoms with Crippen LogP contribution >= 0.6 is 0 Å². The summed E-state index contributed by atoms with van der Waals surface area (Å²) in [6, 6.07) is 5.55. The lowest BCUT2D eigenvalue weighted by atomic mass is 10.1. The van der Waals surface area contributed by atoms with Crippen LogP contribution in [0.2, 0.25) is 0 Å². The average Bonchev–Trinajstić information content (AvgIpc) is 1.86. The monoisotopic (exact) mass is 134 g/mol. The first-order valence-corrected chi connectivity index (χ1v) is 3.10. The summed E-state index contributed by atoms with van der Waals surface area (Å²) in [4.78, 5) is 10.6. The first-order chi connectivity index (χ1) is 4.77. The highest BCUT2D eigenvalue weighted by atomic mass is 16.6. The van der Waals surface area contributed by atoms with Crippen LogP contribution in [0.15, 0.2) is 18.2 Å². The van der Waals surface area contributed by atoms with Crippen LogP contribution in [0.4, 0.5) is 0 Å². The standard InChI is InChI=1S/C8H6O2/c1-5-2-3-6-7(4-5)10-8(6)9/h2-4H,1H3. The van der Waals surface area contributed by atoms with E-state index >= 15 is 0 Å². The molecule has 50 valence electrons. The molecule has 2 rings (SSSR count). The zero-order valence-electron chi connectivity index (χ0n) is 5.55.